The molecule has 1 aromatic heterocycles. The minimum absolute atomic E-state index is 0.649. The molecule has 0 bridgehead atoms. The summed E-state index contributed by atoms with van der Waals surface area (Å²) in [6, 6.07) is 20.7. The summed E-state index contributed by atoms with van der Waals surface area (Å²) >= 11 is 0. The average Bonchev–Trinajstić information content (AvgIpc) is 2.68. The molecular formula is C20H23N5. The van der Waals surface area contributed by atoms with Gasteiger partial charge in [0.2, 0.25) is 5.95 Å². The highest BCUT2D eigenvalue weighted by molar-refractivity contribution is 5.39. The molecule has 1 heterocycles. The van der Waals surface area contributed by atoms with E-state index in [9.17, 15) is 0 Å². The quantitative estimate of drug-likeness (QED) is 0.683. The molecule has 0 aliphatic carbocycles. The van der Waals surface area contributed by atoms with E-state index in [0.717, 1.165) is 31.9 Å². The summed E-state index contributed by atoms with van der Waals surface area (Å²) in [5.41, 5.74) is 2.53. The fraction of sp³-hybridized carbons (Fsp3) is 0.250. The van der Waals surface area contributed by atoms with E-state index in [1.807, 2.05) is 24.3 Å². The Hall–Kier alpha value is -2.95. The van der Waals surface area contributed by atoms with Crippen LogP contribution >= 0.6 is 0 Å². The molecule has 0 unspecified atom stereocenters. The van der Waals surface area contributed by atoms with Crippen molar-refractivity contribution in [3.05, 3.63) is 78.0 Å². The minimum Gasteiger partial charge on any atom is -0.368 e. The van der Waals surface area contributed by atoms with E-state index in [2.05, 4.69) is 68.7 Å². The molecule has 0 aliphatic heterocycles. The summed E-state index contributed by atoms with van der Waals surface area (Å²) in [6.45, 7) is 4.51. The van der Waals surface area contributed by atoms with E-state index in [0.29, 0.717) is 5.95 Å². The van der Waals surface area contributed by atoms with Gasteiger partial charge in [-0.3, -0.25) is 0 Å². The van der Waals surface area contributed by atoms with E-state index < -0.39 is 0 Å². The van der Waals surface area contributed by atoms with Crippen molar-refractivity contribution in [1.29, 1.82) is 0 Å². The molecule has 0 atom stereocenters. The number of hydrogen-bond donors (Lipinski definition) is 1. The molecule has 0 radical (unpaired) electrons. The largest absolute Gasteiger partial charge is 0.368 e. The lowest BCUT2D eigenvalue weighted by atomic mass is 10.1. The van der Waals surface area contributed by atoms with Gasteiger partial charge in [-0.2, -0.15) is 10.1 Å². The zero-order valence-corrected chi connectivity index (χ0v) is 14.5. The van der Waals surface area contributed by atoms with Crippen molar-refractivity contribution in [2.75, 3.05) is 23.3 Å². The maximum Gasteiger partial charge on any atom is 0.247 e. The van der Waals surface area contributed by atoms with Crippen LogP contribution in [0.15, 0.2) is 66.9 Å². The van der Waals surface area contributed by atoms with Crippen molar-refractivity contribution in [3.63, 3.8) is 0 Å². The molecule has 25 heavy (non-hydrogen) atoms. The summed E-state index contributed by atoms with van der Waals surface area (Å²) in [7, 11) is 0. The van der Waals surface area contributed by atoms with E-state index in [4.69, 9.17) is 0 Å². The van der Waals surface area contributed by atoms with Gasteiger partial charge in [0.15, 0.2) is 5.82 Å². The van der Waals surface area contributed by atoms with Crippen LogP contribution in [-0.4, -0.2) is 28.3 Å². The SMILES string of the molecule is CCN(Cc1ccccc1)c1nncc(NCCc2ccccc2)n1. The molecular weight excluding hydrogens is 310 g/mol. The normalized spacial score (nSPS) is 10.4. The van der Waals surface area contributed by atoms with E-state index in [1.54, 1.807) is 6.20 Å². The molecule has 0 saturated carbocycles. The molecule has 0 fully saturated rings. The first-order chi connectivity index (χ1) is 12.3. The van der Waals surface area contributed by atoms with Gasteiger partial charge in [-0.05, 0) is 24.5 Å². The molecule has 5 nitrogen and oxygen atoms in total. The molecule has 5 heteroatoms. The first-order valence-electron chi connectivity index (χ1n) is 8.61. The number of aromatic nitrogens is 3. The smallest absolute Gasteiger partial charge is 0.247 e. The number of benzene rings is 2. The topological polar surface area (TPSA) is 53.9 Å². The predicted octanol–water partition coefficient (Wildman–Crippen LogP) is 3.55. The zero-order valence-electron chi connectivity index (χ0n) is 14.5. The average molecular weight is 333 g/mol. The number of rotatable bonds is 8. The van der Waals surface area contributed by atoms with Crippen LogP contribution in [0.5, 0.6) is 0 Å². The van der Waals surface area contributed by atoms with Crippen LogP contribution in [0, 0.1) is 0 Å². The van der Waals surface area contributed by atoms with Gasteiger partial charge in [-0.1, -0.05) is 60.7 Å². The van der Waals surface area contributed by atoms with Crippen molar-refractivity contribution in [1.82, 2.24) is 15.2 Å². The highest BCUT2D eigenvalue weighted by Gasteiger charge is 2.10. The van der Waals surface area contributed by atoms with Crippen molar-refractivity contribution < 1.29 is 0 Å². The fourth-order valence-electron chi connectivity index (χ4n) is 2.62. The molecule has 0 saturated heterocycles. The monoisotopic (exact) mass is 333 g/mol. The van der Waals surface area contributed by atoms with Gasteiger partial charge in [0.1, 0.15) is 0 Å². The summed E-state index contributed by atoms with van der Waals surface area (Å²) in [5.74, 6) is 1.41. The van der Waals surface area contributed by atoms with Gasteiger partial charge in [0.05, 0.1) is 6.20 Å². The van der Waals surface area contributed by atoms with E-state index >= 15 is 0 Å². The van der Waals surface area contributed by atoms with Gasteiger partial charge in [0, 0.05) is 19.6 Å². The summed E-state index contributed by atoms with van der Waals surface area (Å²) in [5, 5.41) is 11.6. The lowest BCUT2D eigenvalue weighted by Gasteiger charge is -2.20. The highest BCUT2D eigenvalue weighted by Crippen LogP contribution is 2.13. The molecule has 0 aliphatic rings. The molecule has 2 aromatic carbocycles. The highest BCUT2D eigenvalue weighted by atomic mass is 15.3. The van der Waals surface area contributed by atoms with Gasteiger partial charge in [0.25, 0.3) is 0 Å². The van der Waals surface area contributed by atoms with Crippen molar-refractivity contribution in [2.45, 2.75) is 19.9 Å². The second-order valence-corrected chi connectivity index (χ2v) is 5.80. The third-order valence-electron chi connectivity index (χ3n) is 3.99. The standard InChI is InChI=1S/C20H23N5/c1-2-25(16-18-11-7-4-8-12-18)20-23-19(15-22-24-20)21-14-13-17-9-5-3-6-10-17/h3-12,15H,2,13-14,16H2,1H3,(H,21,23,24). The summed E-state index contributed by atoms with van der Waals surface area (Å²) in [4.78, 5) is 6.73. The Balaban J connectivity index is 1.61. The molecule has 0 amide bonds. The van der Waals surface area contributed by atoms with E-state index in [-0.39, 0.29) is 0 Å². The van der Waals surface area contributed by atoms with E-state index in [1.165, 1.54) is 11.1 Å². The Morgan fingerprint density at radius 1 is 0.920 bits per heavy atom. The van der Waals surface area contributed by atoms with Gasteiger partial charge < -0.3 is 10.2 Å². The second kappa shape index (κ2) is 8.78. The van der Waals surface area contributed by atoms with Crippen LogP contribution < -0.4 is 10.2 Å². The Labute approximate surface area is 148 Å². The lowest BCUT2D eigenvalue weighted by molar-refractivity contribution is 0.769. The first-order valence-corrected chi connectivity index (χ1v) is 8.61. The van der Waals surface area contributed by atoms with Crippen molar-refractivity contribution in [2.24, 2.45) is 0 Å². The first kappa shape index (κ1) is 16.9. The third kappa shape index (κ3) is 5.01. The minimum atomic E-state index is 0.649. The maximum absolute atomic E-state index is 4.61. The maximum atomic E-state index is 4.61. The van der Waals surface area contributed by atoms with Crippen LogP contribution in [0.25, 0.3) is 0 Å². The summed E-state index contributed by atoms with van der Waals surface area (Å²) in [6.07, 6.45) is 2.62. The van der Waals surface area contributed by atoms with Gasteiger partial charge in [-0.25, -0.2) is 0 Å². The van der Waals surface area contributed by atoms with Crippen molar-refractivity contribution in [3.8, 4) is 0 Å². The Bertz CT molecular complexity index is 761. The Morgan fingerprint density at radius 3 is 2.28 bits per heavy atom. The lowest BCUT2D eigenvalue weighted by Crippen LogP contribution is -2.25. The molecule has 3 aromatic rings. The number of anilines is 2. The molecule has 3 rings (SSSR count). The van der Waals surface area contributed by atoms with Gasteiger partial charge >= 0.3 is 0 Å². The zero-order chi connectivity index (χ0) is 17.3. The van der Waals surface area contributed by atoms with Crippen LogP contribution in [0.2, 0.25) is 0 Å². The van der Waals surface area contributed by atoms with Gasteiger partial charge in [-0.15, -0.1) is 5.10 Å². The molecule has 1 N–H and O–H groups in total. The number of hydrogen-bond acceptors (Lipinski definition) is 5. The van der Waals surface area contributed by atoms with Crippen molar-refractivity contribution >= 4 is 11.8 Å². The summed E-state index contributed by atoms with van der Waals surface area (Å²) < 4.78 is 0. The second-order valence-electron chi connectivity index (χ2n) is 5.80. The molecule has 0 spiro atoms. The predicted molar refractivity (Wildman–Crippen MR) is 102 cm³/mol. The third-order valence-corrected chi connectivity index (χ3v) is 3.99. The van der Waals surface area contributed by atoms with Crippen LogP contribution in [0.4, 0.5) is 11.8 Å². The fourth-order valence-corrected chi connectivity index (χ4v) is 2.62. The Kier molecular flexibility index (Phi) is 5.93. The molecule has 128 valence electrons. The number of nitrogens with zero attached hydrogens (tertiary/aromatic N) is 4. The van der Waals surface area contributed by atoms with Crippen LogP contribution in [-0.2, 0) is 13.0 Å². The number of nitrogens with one attached hydrogen (secondary N) is 1. The van der Waals surface area contributed by atoms with Crippen LogP contribution in [0.1, 0.15) is 18.1 Å². The Morgan fingerprint density at radius 2 is 1.60 bits per heavy atom. The van der Waals surface area contributed by atoms with Crippen LogP contribution in [0.3, 0.4) is 0 Å².